The van der Waals surface area contributed by atoms with Crippen LogP contribution in [0.2, 0.25) is 0 Å². The number of hydrogen-bond acceptors (Lipinski definition) is 8. The third-order valence-corrected chi connectivity index (χ3v) is 5.93. The Labute approximate surface area is 203 Å². The van der Waals surface area contributed by atoms with Gasteiger partial charge in [0.2, 0.25) is 5.91 Å². The molecule has 12 heteroatoms. The van der Waals surface area contributed by atoms with Gasteiger partial charge in [-0.3, -0.25) is 35.1 Å². The van der Waals surface area contributed by atoms with Gasteiger partial charge in [0, 0.05) is 17.7 Å². The first kappa shape index (κ1) is 23.7. The van der Waals surface area contributed by atoms with Crippen molar-refractivity contribution in [2.24, 2.45) is 0 Å². The summed E-state index contributed by atoms with van der Waals surface area (Å²) in [5.41, 5.74) is 6.23. The van der Waals surface area contributed by atoms with Crippen molar-refractivity contribution >= 4 is 29.3 Å². The molecule has 0 unspecified atom stereocenters. The summed E-state index contributed by atoms with van der Waals surface area (Å²) in [6, 6.07) is 16.8. The summed E-state index contributed by atoms with van der Waals surface area (Å²) in [4.78, 5) is 34.9. The van der Waals surface area contributed by atoms with Crippen LogP contribution in [-0.4, -0.2) is 37.3 Å². The van der Waals surface area contributed by atoms with E-state index in [9.17, 15) is 19.7 Å². The SMILES string of the molecule is Cc1occc1-c1nnc(SCC(=O)NNC(=O)c2cccc([N+](=O)[O-])c2)n1Cc1ccccc1. The lowest BCUT2D eigenvalue weighted by Gasteiger charge is -2.10. The van der Waals surface area contributed by atoms with Gasteiger partial charge in [-0.05, 0) is 24.6 Å². The molecule has 178 valence electrons. The molecule has 0 aliphatic rings. The zero-order valence-corrected chi connectivity index (χ0v) is 19.3. The van der Waals surface area contributed by atoms with Gasteiger partial charge in [-0.25, -0.2) is 0 Å². The highest BCUT2D eigenvalue weighted by Crippen LogP contribution is 2.28. The topological polar surface area (TPSA) is 145 Å². The largest absolute Gasteiger partial charge is 0.469 e. The molecule has 4 aromatic rings. The van der Waals surface area contributed by atoms with E-state index in [0.717, 1.165) is 29.0 Å². The summed E-state index contributed by atoms with van der Waals surface area (Å²) in [5.74, 6) is 0.111. The van der Waals surface area contributed by atoms with Crippen LogP contribution in [0.3, 0.4) is 0 Å². The van der Waals surface area contributed by atoms with Crippen LogP contribution in [0, 0.1) is 17.0 Å². The molecule has 0 aliphatic carbocycles. The number of aryl methyl sites for hydroxylation is 1. The summed E-state index contributed by atoms with van der Waals surface area (Å²) in [7, 11) is 0. The van der Waals surface area contributed by atoms with Crippen molar-refractivity contribution in [2.45, 2.75) is 18.6 Å². The first-order valence-electron chi connectivity index (χ1n) is 10.4. The van der Waals surface area contributed by atoms with E-state index in [1.54, 1.807) is 6.26 Å². The summed E-state index contributed by atoms with van der Waals surface area (Å²) < 4.78 is 7.31. The standard InChI is InChI=1S/C23H20N6O5S/c1-15-19(10-11-34-15)21-25-27-23(28(21)13-16-6-3-2-4-7-16)35-14-20(30)24-26-22(31)17-8-5-9-18(12-17)29(32)33/h2-12H,13-14H2,1H3,(H,24,30)(H,26,31). The highest BCUT2D eigenvalue weighted by molar-refractivity contribution is 7.99. The lowest BCUT2D eigenvalue weighted by molar-refractivity contribution is -0.384. The number of rotatable bonds is 8. The number of nitro groups is 1. The van der Waals surface area contributed by atoms with Crippen LogP contribution in [0.25, 0.3) is 11.4 Å². The summed E-state index contributed by atoms with van der Waals surface area (Å²) in [6.07, 6.45) is 1.58. The molecular formula is C23H20N6O5S. The van der Waals surface area contributed by atoms with E-state index >= 15 is 0 Å². The third-order valence-electron chi connectivity index (χ3n) is 4.97. The second-order valence-electron chi connectivity index (χ2n) is 7.37. The molecule has 0 bridgehead atoms. The van der Waals surface area contributed by atoms with Gasteiger partial charge in [-0.1, -0.05) is 48.2 Å². The number of hydrazine groups is 1. The van der Waals surface area contributed by atoms with Gasteiger partial charge in [0.1, 0.15) is 5.76 Å². The van der Waals surface area contributed by atoms with Crippen LogP contribution in [0.15, 0.2) is 76.5 Å². The predicted octanol–water partition coefficient (Wildman–Crippen LogP) is 3.36. The number of nitrogens with one attached hydrogen (secondary N) is 2. The Morgan fingerprint density at radius 1 is 1.09 bits per heavy atom. The number of aromatic nitrogens is 3. The fraction of sp³-hybridized carbons (Fsp3) is 0.130. The molecule has 0 saturated heterocycles. The van der Waals surface area contributed by atoms with Crippen LogP contribution in [0.4, 0.5) is 5.69 Å². The van der Waals surface area contributed by atoms with Gasteiger partial charge < -0.3 is 4.42 Å². The molecule has 0 fully saturated rings. The van der Waals surface area contributed by atoms with E-state index in [2.05, 4.69) is 21.0 Å². The van der Waals surface area contributed by atoms with Gasteiger partial charge in [-0.2, -0.15) is 0 Å². The molecule has 2 aromatic heterocycles. The number of carbonyl (C=O) groups is 2. The van der Waals surface area contributed by atoms with Crippen molar-refractivity contribution in [3.63, 3.8) is 0 Å². The third kappa shape index (κ3) is 5.73. The number of benzene rings is 2. The lowest BCUT2D eigenvalue weighted by Crippen LogP contribution is -2.42. The predicted molar refractivity (Wildman–Crippen MR) is 127 cm³/mol. The zero-order valence-electron chi connectivity index (χ0n) is 18.5. The monoisotopic (exact) mass is 492 g/mol. The molecule has 0 aliphatic heterocycles. The molecular weight excluding hydrogens is 472 g/mol. The normalized spacial score (nSPS) is 10.7. The van der Waals surface area contributed by atoms with Crippen molar-refractivity contribution in [3.8, 4) is 11.4 Å². The first-order valence-corrected chi connectivity index (χ1v) is 11.4. The molecule has 0 radical (unpaired) electrons. The second-order valence-corrected chi connectivity index (χ2v) is 8.31. The van der Waals surface area contributed by atoms with Crippen LogP contribution >= 0.6 is 11.8 Å². The number of nitro benzene ring substituents is 1. The highest BCUT2D eigenvalue weighted by atomic mass is 32.2. The van der Waals surface area contributed by atoms with E-state index in [0.29, 0.717) is 23.3 Å². The number of non-ortho nitro benzene ring substituents is 1. The number of amides is 2. The lowest BCUT2D eigenvalue weighted by atomic mass is 10.2. The maximum Gasteiger partial charge on any atom is 0.270 e. The Morgan fingerprint density at radius 2 is 1.89 bits per heavy atom. The van der Waals surface area contributed by atoms with Crippen molar-refractivity contribution in [3.05, 3.63) is 93.9 Å². The van der Waals surface area contributed by atoms with Crippen molar-refractivity contribution in [1.29, 1.82) is 0 Å². The van der Waals surface area contributed by atoms with Crippen LogP contribution in [-0.2, 0) is 11.3 Å². The summed E-state index contributed by atoms with van der Waals surface area (Å²) in [6.45, 7) is 2.32. The van der Waals surface area contributed by atoms with Crippen molar-refractivity contribution in [1.82, 2.24) is 25.6 Å². The highest BCUT2D eigenvalue weighted by Gasteiger charge is 2.19. The Hall–Kier alpha value is -4.45. The molecule has 0 atom stereocenters. The Kier molecular flexibility index (Phi) is 7.21. The van der Waals surface area contributed by atoms with Gasteiger partial charge in [0.05, 0.1) is 29.0 Å². The fourth-order valence-electron chi connectivity index (χ4n) is 3.25. The van der Waals surface area contributed by atoms with E-state index in [1.807, 2.05) is 47.9 Å². The minimum atomic E-state index is -0.669. The van der Waals surface area contributed by atoms with Crippen molar-refractivity contribution in [2.75, 3.05) is 5.75 Å². The number of hydrogen-bond donors (Lipinski definition) is 2. The average Bonchev–Trinajstić information content (AvgIpc) is 3.47. The molecule has 2 N–H and O–H groups in total. The Bertz CT molecular complexity index is 1370. The number of nitrogens with zero attached hydrogens (tertiary/aromatic N) is 4. The van der Waals surface area contributed by atoms with E-state index in [-0.39, 0.29) is 17.0 Å². The van der Waals surface area contributed by atoms with E-state index < -0.39 is 16.7 Å². The molecule has 2 heterocycles. The van der Waals surface area contributed by atoms with Crippen molar-refractivity contribution < 1.29 is 18.9 Å². The number of furan rings is 1. The first-order chi connectivity index (χ1) is 16.9. The molecule has 0 saturated carbocycles. The van der Waals surface area contributed by atoms with Crippen LogP contribution < -0.4 is 10.9 Å². The van der Waals surface area contributed by atoms with E-state index in [1.165, 1.54) is 18.2 Å². The minimum Gasteiger partial charge on any atom is -0.469 e. The molecule has 35 heavy (non-hydrogen) atoms. The van der Waals surface area contributed by atoms with Crippen LogP contribution in [0.5, 0.6) is 0 Å². The van der Waals surface area contributed by atoms with Gasteiger partial charge in [0.25, 0.3) is 11.6 Å². The Balaban J connectivity index is 1.42. The van der Waals surface area contributed by atoms with E-state index in [4.69, 9.17) is 4.42 Å². The zero-order chi connectivity index (χ0) is 24.8. The quantitative estimate of drug-likeness (QED) is 0.216. The number of thioether (sulfide) groups is 1. The minimum absolute atomic E-state index is 0.0491. The van der Waals surface area contributed by atoms with Crippen LogP contribution in [0.1, 0.15) is 21.7 Å². The molecule has 2 aromatic carbocycles. The molecule has 0 spiro atoms. The summed E-state index contributed by atoms with van der Waals surface area (Å²) >= 11 is 1.16. The number of carbonyl (C=O) groups excluding carboxylic acids is 2. The average molecular weight is 493 g/mol. The maximum atomic E-state index is 12.4. The second kappa shape index (κ2) is 10.7. The maximum absolute atomic E-state index is 12.4. The molecule has 2 amide bonds. The molecule has 11 nitrogen and oxygen atoms in total. The van der Waals surface area contributed by atoms with Gasteiger partial charge in [0.15, 0.2) is 11.0 Å². The molecule has 4 rings (SSSR count). The fourth-order valence-corrected chi connectivity index (χ4v) is 3.98. The van der Waals surface area contributed by atoms with Gasteiger partial charge in [-0.15, -0.1) is 10.2 Å². The Morgan fingerprint density at radius 3 is 2.60 bits per heavy atom. The van der Waals surface area contributed by atoms with Gasteiger partial charge >= 0.3 is 0 Å². The summed E-state index contributed by atoms with van der Waals surface area (Å²) in [5, 5.41) is 20.0. The smallest absolute Gasteiger partial charge is 0.270 e.